The minimum atomic E-state index is -8.28. The van der Waals surface area contributed by atoms with Crippen molar-refractivity contribution < 1.29 is 92.9 Å². The van der Waals surface area contributed by atoms with Crippen molar-refractivity contribution in [1.82, 2.24) is 0 Å². The number of alkyl halides is 19. The molecule has 0 aromatic rings. The molecule has 57 heavy (non-hydrogen) atoms. The minimum absolute atomic E-state index is 0.0618. The molecule has 0 rings (SSSR count). The van der Waals surface area contributed by atoms with Gasteiger partial charge in [0, 0.05) is 0 Å². The van der Waals surface area contributed by atoms with Crippen LogP contribution in [0.15, 0.2) is 0 Å². The maximum atomic E-state index is 14.4. The molecule has 0 aliphatic heterocycles. The number of thioether (sulfide) groups is 2. The number of unbranched alkanes of at least 4 members (excludes halogenated alkanes) is 9. The van der Waals surface area contributed by atoms with Crippen molar-refractivity contribution in [3.05, 3.63) is 0 Å². The zero-order valence-corrected chi connectivity index (χ0v) is 32.8. The molecule has 0 spiro atoms. The van der Waals surface area contributed by atoms with Gasteiger partial charge in [-0.2, -0.15) is 88.7 Å². The lowest BCUT2D eigenvalue weighted by molar-refractivity contribution is -0.424. The van der Waals surface area contributed by atoms with Crippen LogP contribution in [0.5, 0.6) is 0 Å². The molecule has 1 atom stereocenters. The third-order valence-electron chi connectivity index (χ3n) is 8.24. The number of carbonyl (C=O) groups excluding carboxylic acids is 1. The third kappa shape index (κ3) is 14.0. The number of hydrogen-bond acceptors (Lipinski definition) is 6. The summed E-state index contributed by atoms with van der Waals surface area (Å²) in [6.07, 6.45) is -5.92. The largest absolute Gasteiger partial charge is 0.465 e. The first-order valence-electron chi connectivity index (χ1n) is 17.0. The molecule has 0 aromatic heterocycles. The second kappa shape index (κ2) is 20.8. The Kier molecular flexibility index (Phi) is 20.2. The molecule has 0 saturated carbocycles. The zero-order chi connectivity index (χ0) is 45.2. The van der Waals surface area contributed by atoms with E-state index in [2.05, 4.69) is 11.7 Å². The molecular formula is C32H40F19NO2S3. The average Bonchev–Trinajstić information content (AvgIpc) is 3.05. The number of halogens is 19. The van der Waals surface area contributed by atoms with Crippen molar-refractivity contribution in [1.29, 1.82) is 5.26 Å². The molecule has 0 aromatic carbocycles. The van der Waals surface area contributed by atoms with E-state index in [-0.39, 0.29) is 3.53 Å². The first-order valence-corrected chi connectivity index (χ1v) is 19.2. The van der Waals surface area contributed by atoms with Gasteiger partial charge in [-0.1, -0.05) is 88.7 Å². The van der Waals surface area contributed by atoms with Crippen molar-refractivity contribution in [3.63, 3.8) is 0 Å². The second-order valence-electron chi connectivity index (χ2n) is 13.7. The van der Waals surface area contributed by atoms with Crippen molar-refractivity contribution in [2.24, 2.45) is 5.41 Å². The van der Waals surface area contributed by atoms with Gasteiger partial charge in [-0.05, 0) is 32.4 Å². The summed E-state index contributed by atoms with van der Waals surface area (Å²) in [5.41, 5.74) is -1.37. The van der Waals surface area contributed by atoms with E-state index in [9.17, 15) is 93.5 Å². The maximum Gasteiger partial charge on any atom is 0.460 e. The van der Waals surface area contributed by atoms with E-state index in [1.807, 2.05) is 0 Å². The molecule has 0 amide bonds. The van der Waals surface area contributed by atoms with E-state index >= 15 is 0 Å². The molecule has 0 fully saturated rings. The molecule has 336 valence electrons. The molecule has 25 heteroatoms. The fourth-order valence-electron chi connectivity index (χ4n) is 4.67. The van der Waals surface area contributed by atoms with Crippen LogP contribution in [-0.2, 0) is 9.53 Å². The Balaban J connectivity index is 5.77. The molecule has 0 N–H and O–H groups in total. The summed E-state index contributed by atoms with van der Waals surface area (Å²) in [7, 11) is 0. The maximum absolute atomic E-state index is 14.4. The standard InChI is InChI=1S/C32H40F19NO2S3/c1-4-5-6-7-8-9-10-11-12-13-16-56-22(55)57-20(17-23(2,3)19-52)21(53)54-15-14-24(33,34)27(39,40)30(45,46)28(41,42)25(35,36)18-26(37,38)29(43,44)31(47,48)32(49,50)51/h20H,4-18H2,1-3H3. The van der Waals surface area contributed by atoms with Crippen LogP contribution in [0.4, 0.5) is 83.4 Å². The summed E-state index contributed by atoms with van der Waals surface area (Å²) in [5, 5.41) is 7.80. The number of rotatable bonds is 26. The van der Waals surface area contributed by atoms with Crippen LogP contribution in [-0.4, -0.2) is 80.7 Å². The lowest BCUT2D eigenvalue weighted by Crippen LogP contribution is -2.69. The quantitative estimate of drug-likeness (QED) is 0.0373. The lowest BCUT2D eigenvalue weighted by atomic mass is 9.88. The molecular weight excluding hydrogens is 888 g/mol. The minimum Gasteiger partial charge on any atom is -0.465 e. The van der Waals surface area contributed by atoms with Crippen LogP contribution < -0.4 is 0 Å². The van der Waals surface area contributed by atoms with Crippen molar-refractivity contribution in [3.8, 4) is 6.07 Å². The summed E-state index contributed by atoms with van der Waals surface area (Å²) in [6, 6.07) is 1.79. The van der Waals surface area contributed by atoms with E-state index in [1.54, 1.807) is 6.07 Å². The predicted octanol–water partition coefficient (Wildman–Crippen LogP) is 13.9. The van der Waals surface area contributed by atoms with Gasteiger partial charge >= 0.3 is 59.5 Å². The van der Waals surface area contributed by atoms with Gasteiger partial charge in [0.15, 0.2) is 0 Å². The van der Waals surface area contributed by atoms with E-state index < -0.39 is 96.1 Å². The fourth-order valence-corrected chi connectivity index (χ4v) is 7.55. The van der Waals surface area contributed by atoms with Crippen LogP contribution in [0.1, 0.15) is 104 Å². The van der Waals surface area contributed by atoms with Crippen LogP contribution >= 0.6 is 35.7 Å². The Morgan fingerprint density at radius 1 is 0.632 bits per heavy atom. The highest BCUT2D eigenvalue weighted by Crippen LogP contribution is 2.62. The van der Waals surface area contributed by atoms with Gasteiger partial charge in [0.25, 0.3) is 0 Å². The third-order valence-corrected chi connectivity index (χ3v) is 11.1. The number of ether oxygens (including phenoxy) is 1. The smallest absolute Gasteiger partial charge is 0.460 e. The summed E-state index contributed by atoms with van der Waals surface area (Å²) in [4.78, 5) is 12.7. The Morgan fingerprint density at radius 3 is 1.46 bits per heavy atom. The Labute approximate surface area is 329 Å². The number of carbonyl (C=O) groups is 1. The number of nitrogens with zero attached hydrogens (tertiary/aromatic N) is 1. The monoisotopic (exact) mass is 927 g/mol. The van der Waals surface area contributed by atoms with Crippen molar-refractivity contribution in [2.75, 3.05) is 12.4 Å². The Bertz CT molecular complexity index is 1330. The molecule has 0 aliphatic carbocycles. The van der Waals surface area contributed by atoms with Crippen LogP contribution in [0.25, 0.3) is 0 Å². The number of nitriles is 1. The zero-order valence-electron chi connectivity index (χ0n) is 30.4. The predicted molar refractivity (Wildman–Crippen MR) is 178 cm³/mol. The van der Waals surface area contributed by atoms with Crippen LogP contribution in [0.2, 0.25) is 0 Å². The fraction of sp³-hybridized carbons (Fsp3) is 0.906. The Morgan fingerprint density at radius 2 is 1.04 bits per heavy atom. The molecule has 3 nitrogen and oxygen atoms in total. The van der Waals surface area contributed by atoms with Gasteiger partial charge in [0.05, 0.1) is 30.9 Å². The molecule has 0 aliphatic rings. The van der Waals surface area contributed by atoms with Crippen molar-refractivity contribution >= 4 is 45.2 Å². The number of thiocarbonyl (C=S) groups is 1. The van der Waals surface area contributed by atoms with E-state index in [1.165, 1.54) is 20.3 Å². The first-order chi connectivity index (χ1) is 25.5. The first kappa shape index (κ1) is 55.4. The van der Waals surface area contributed by atoms with Gasteiger partial charge in [-0.25, -0.2) is 0 Å². The molecule has 0 saturated heterocycles. The summed E-state index contributed by atoms with van der Waals surface area (Å²) in [6.45, 7) is 2.63. The summed E-state index contributed by atoms with van der Waals surface area (Å²) < 4.78 is 263. The Hall–Kier alpha value is -1.58. The lowest BCUT2D eigenvalue weighted by Gasteiger charge is -2.41. The normalized spacial score (nSPS) is 15.0. The van der Waals surface area contributed by atoms with Gasteiger partial charge in [-0.15, -0.1) is 11.8 Å². The average molecular weight is 928 g/mol. The van der Waals surface area contributed by atoms with Gasteiger partial charge in [-0.3, -0.25) is 4.79 Å². The topological polar surface area (TPSA) is 50.1 Å². The molecule has 0 radical (unpaired) electrons. The van der Waals surface area contributed by atoms with E-state index in [0.29, 0.717) is 23.9 Å². The summed E-state index contributed by atoms with van der Waals surface area (Å²) in [5.74, 6) is -63.7. The van der Waals surface area contributed by atoms with Crippen molar-refractivity contribution in [2.45, 2.75) is 163 Å². The highest BCUT2D eigenvalue weighted by atomic mass is 32.2. The molecule has 0 heterocycles. The number of hydrogen-bond donors (Lipinski definition) is 0. The SMILES string of the molecule is CCCCCCCCCCCCSC(=S)SC(CC(C)(C)C#N)C(=O)OCCC(F)(F)C(F)(F)C(F)(F)C(F)(F)C(F)(F)CC(F)(F)C(F)(F)C(F)(F)C(F)(F)F. The van der Waals surface area contributed by atoms with Gasteiger partial charge in [0.2, 0.25) is 0 Å². The van der Waals surface area contributed by atoms with E-state index in [4.69, 9.17) is 12.2 Å². The van der Waals surface area contributed by atoms with Crippen LogP contribution in [0, 0.1) is 16.7 Å². The number of esters is 1. The van der Waals surface area contributed by atoms with E-state index in [0.717, 1.165) is 63.1 Å². The second-order valence-corrected chi connectivity index (χ2v) is 17.2. The summed E-state index contributed by atoms with van der Waals surface area (Å²) >= 11 is 6.82. The van der Waals surface area contributed by atoms with Gasteiger partial charge in [0.1, 0.15) is 8.78 Å². The van der Waals surface area contributed by atoms with Gasteiger partial charge < -0.3 is 4.74 Å². The molecule has 1 unspecified atom stereocenters. The highest BCUT2D eigenvalue weighted by molar-refractivity contribution is 8.47. The highest BCUT2D eigenvalue weighted by Gasteiger charge is 2.89. The molecule has 0 bridgehead atoms. The van der Waals surface area contributed by atoms with Crippen LogP contribution in [0.3, 0.4) is 0 Å².